The first kappa shape index (κ1) is 17.3. The molecule has 1 fully saturated rings. The van der Waals surface area contributed by atoms with Crippen molar-refractivity contribution >= 4 is 11.9 Å². The van der Waals surface area contributed by atoms with Crippen LogP contribution in [0.25, 0.3) is 0 Å². The highest BCUT2D eigenvalue weighted by molar-refractivity contribution is 5.93. The molecule has 1 aliphatic rings. The lowest BCUT2D eigenvalue weighted by molar-refractivity contribution is -0.137. The van der Waals surface area contributed by atoms with Gasteiger partial charge in [-0.25, -0.2) is 4.79 Å². The number of nitrogens with zero attached hydrogens (tertiary/aromatic N) is 1. The predicted octanol–water partition coefficient (Wildman–Crippen LogP) is 2.25. The number of halogens is 3. The first-order valence-electron chi connectivity index (χ1n) is 7.25. The van der Waals surface area contributed by atoms with E-state index < -0.39 is 23.7 Å². The van der Waals surface area contributed by atoms with Gasteiger partial charge in [-0.05, 0) is 30.5 Å². The van der Waals surface area contributed by atoms with Crippen LogP contribution in [-0.4, -0.2) is 29.4 Å². The van der Waals surface area contributed by atoms with Gasteiger partial charge in [0.2, 0.25) is 5.91 Å². The van der Waals surface area contributed by atoms with Crippen LogP contribution in [0.15, 0.2) is 24.3 Å². The number of primary amides is 1. The van der Waals surface area contributed by atoms with Crippen LogP contribution in [0, 0.1) is 0 Å². The number of carbonyl (C=O) groups is 2. The highest BCUT2D eigenvalue weighted by atomic mass is 19.4. The van der Waals surface area contributed by atoms with Gasteiger partial charge in [-0.3, -0.25) is 15.0 Å². The molecule has 0 unspecified atom stereocenters. The molecule has 23 heavy (non-hydrogen) atoms. The Bertz CT molecular complexity index is 568. The van der Waals surface area contributed by atoms with E-state index >= 15 is 0 Å². The number of hydrogen-bond donors (Lipinski definition) is 2. The number of imide groups is 1. The van der Waals surface area contributed by atoms with E-state index in [1.807, 2.05) is 10.2 Å². The minimum Gasteiger partial charge on any atom is -0.351 e. The Balaban J connectivity index is 1.92. The van der Waals surface area contributed by atoms with E-state index in [0.29, 0.717) is 19.1 Å². The van der Waals surface area contributed by atoms with Crippen molar-refractivity contribution in [3.05, 3.63) is 35.4 Å². The van der Waals surface area contributed by atoms with Gasteiger partial charge in [-0.15, -0.1) is 0 Å². The minimum absolute atomic E-state index is 0.111. The topological polar surface area (TPSA) is 75.4 Å². The van der Waals surface area contributed by atoms with Gasteiger partial charge in [0.25, 0.3) is 0 Å². The zero-order chi connectivity index (χ0) is 17.0. The summed E-state index contributed by atoms with van der Waals surface area (Å²) in [5.41, 5.74) is 4.94. The monoisotopic (exact) mass is 329 g/mol. The average Bonchev–Trinajstić information content (AvgIpc) is 3.26. The van der Waals surface area contributed by atoms with E-state index in [2.05, 4.69) is 0 Å². The van der Waals surface area contributed by atoms with Crippen molar-refractivity contribution < 1.29 is 22.8 Å². The average molecular weight is 329 g/mol. The van der Waals surface area contributed by atoms with Crippen LogP contribution in [0.2, 0.25) is 0 Å². The zero-order valence-electron chi connectivity index (χ0n) is 12.4. The van der Waals surface area contributed by atoms with Crippen molar-refractivity contribution in [3.63, 3.8) is 0 Å². The maximum Gasteiger partial charge on any atom is 0.416 e. The number of rotatable bonds is 6. The fraction of sp³-hybridized carbons (Fsp3) is 0.467. The first-order chi connectivity index (χ1) is 10.8. The maximum absolute atomic E-state index is 12.5. The number of benzene rings is 1. The highest BCUT2D eigenvalue weighted by Gasteiger charge is 2.31. The minimum atomic E-state index is -4.35. The van der Waals surface area contributed by atoms with Gasteiger partial charge in [0.15, 0.2) is 0 Å². The SMILES string of the molecule is NC(=O)NC(=O)CCN(Cc1ccc(C(F)(F)F)cc1)C1CC1. The number of hydrogen-bond acceptors (Lipinski definition) is 3. The molecule has 126 valence electrons. The second-order valence-corrected chi connectivity index (χ2v) is 5.56. The Kier molecular flexibility index (Phi) is 5.25. The summed E-state index contributed by atoms with van der Waals surface area (Å²) < 4.78 is 37.6. The molecule has 0 bridgehead atoms. The molecule has 1 saturated carbocycles. The van der Waals surface area contributed by atoms with Crippen LogP contribution in [0.4, 0.5) is 18.0 Å². The molecule has 2 rings (SSSR count). The van der Waals surface area contributed by atoms with Crippen molar-refractivity contribution in [2.75, 3.05) is 6.54 Å². The normalized spacial score (nSPS) is 14.8. The Morgan fingerprint density at radius 1 is 1.22 bits per heavy atom. The van der Waals surface area contributed by atoms with E-state index in [-0.39, 0.29) is 6.42 Å². The number of carbonyl (C=O) groups excluding carboxylic acids is 2. The third-order valence-corrected chi connectivity index (χ3v) is 3.62. The van der Waals surface area contributed by atoms with Crippen LogP contribution >= 0.6 is 0 Å². The Labute approximate surface area is 131 Å². The van der Waals surface area contributed by atoms with Crippen LogP contribution in [-0.2, 0) is 17.5 Å². The first-order valence-corrected chi connectivity index (χ1v) is 7.25. The summed E-state index contributed by atoms with van der Waals surface area (Å²) in [5, 5.41) is 1.99. The fourth-order valence-corrected chi connectivity index (χ4v) is 2.31. The number of nitrogens with two attached hydrogens (primary N) is 1. The molecule has 0 heterocycles. The van der Waals surface area contributed by atoms with Gasteiger partial charge in [0.05, 0.1) is 5.56 Å². The number of nitrogens with one attached hydrogen (secondary N) is 1. The fourth-order valence-electron chi connectivity index (χ4n) is 2.31. The smallest absolute Gasteiger partial charge is 0.351 e. The molecule has 0 saturated heterocycles. The number of alkyl halides is 3. The Hall–Kier alpha value is -2.09. The molecule has 1 aromatic carbocycles. The van der Waals surface area contributed by atoms with Gasteiger partial charge in [0.1, 0.15) is 0 Å². The second kappa shape index (κ2) is 6.99. The van der Waals surface area contributed by atoms with Crippen LogP contribution in [0.3, 0.4) is 0 Å². The van der Waals surface area contributed by atoms with E-state index in [9.17, 15) is 22.8 Å². The second-order valence-electron chi connectivity index (χ2n) is 5.56. The van der Waals surface area contributed by atoms with Gasteiger partial charge >= 0.3 is 12.2 Å². The molecule has 3 amide bonds. The summed E-state index contributed by atoms with van der Waals surface area (Å²) >= 11 is 0. The summed E-state index contributed by atoms with van der Waals surface area (Å²) in [7, 11) is 0. The largest absolute Gasteiger partial charge is 0.416 e. The quantitative estimate of drug-likeness (QED) is 0.840. The maximum atomic E-state index is 12.5. The molecule has 0 atom stereocenters. The van der Waals surface area contributed by atoms with E-state index in [0.717, 1.165) is 30.5 Å². The van der Waals surface area contributed by atoms with Crippen LogP contribution < -0.4 is 11.1 Å². The molecular weight excluding hydrogens is 311 g/mol. The van der Waals surface area contributed by atoms with E-state index in [1.54, 1.807) is 0 Å². The summed E-state index contributed by atoms with van der Waals surface area (Å²) in [6.45, 7) is 0.886. The van der Waals surface area contributed by atoms with Gasteiger partial charge in [-0.2, -0.15) is 13.2 Å². The van der Waals surface area contributed by atoms with Crippen LogP contribution in [0.1, 0.15) is 30.4 Å². The molecule has 1 aliphatic carbocycles. The molecular formula is C15H18F3N3O2. The van der Waals surface area contributed by atoms with E-state index in [4.69, 9.17) is 5.73 Å². The van der Waals surface area contributed by atoms with E-state index in [1.165, 1.54) is 12.1 Å². The zero-order valence-corrected chi connectivity index (χ0v) is 12.4. The number of urea groups is 1. The third-order valence-electron chi connectivity index (χ3n) is 3.62. The van der Waals surface area contributed by atoms with Crippen molar-refractivity contribution in [1.29, 1.82) is 0 Å². The molecule has 3 N–H and O–H groups in total. The van der Waals surface area contributed by atoms with Gasteiger partial charge in [-0.1, -0.05) is 12.1 Å². The number of amides is 3. The molecule has 5 nitrogen and oxygen atoms in total. The predicted molar refractivity (Wildman–Crippen MR) is 77.2 cm³/mol. The summed E-state index contributed by atoms with van der Waals surface area (Å²) in [5.74, 6) is -0.462. The Morgan fingerprint density at radius 2 is 1.83 bits per heavy atom. The highest BCUT2D eigenvalue weighted by Crippen LogP contribution is 2.31. The van der Waals surface area contributed by atoms with Crippen molar-refractivity contribution in [2.45, 2.75) is 38.0 Å². The lowest BCUT2D eigenvalue weighted by Crippen LogP contribution is -2.37. The molecule has 0 spiro atoms. The lowest BCUT2D eigenvalue weighted by Gasteiger charge is -2.22. The van der Waals surface area contributed by atoms with Gasteiger partial charge in [0, 0.05) is 25.6 Å². The molecule has 0 aliphatic heterocycles. The molecule has 8 heteroatoms. The van der Waals surface area contributed by atoms with Crippen LogP contribution in [0.5, 0.6) is 0 Å². The Morgan fingerprint density at radius 3 is 2.30 bits per heavy atom. The van der Waals surface area contributed by atoms with Gasteiger partial charge < -0.3 is 5.73 Å². The standard InChI is InChI=1S/C15H18F3N3O2/c16-15(17,18)11-3-1-10(2-4-11)9-21(12-5-6-12)8-7-13(22)20-14(19)23/h1-4,12H,5-9H2,(H3,19,20,22,23). The third kappa shape index (κ3) is 5.55. The van der Waals surface area contributed by atoms with Crippen molar-refractivity contribution in [3.8, 4) is 0 Å². The van der Waals surface area contributed by atoms with Crippen molar-refractivity contribution in [1.82, 2.24) is 10.2 Å². The molecule has 0 aromatic heterocycles. The summed E-state index contributed by atoms with van der Waals surface area (Å²) in [4.78, 5) is 24.1. The van der Waals surface area contributed by atoms with Crippen molar-refractivity contribution in [2.24, 2.45) is 5.73 Å². The molecule has 0 radical (unpaired) electrons. The molecule has 1 aromatic rings. The summed E-state index contributed by atoms with van der Waals surface area (Å²) in [6, 6.07) is 4.44. The summed E-state index contributed by atoms with van der Waals surface area (Å²) in [6.07, 6.45) is -2.24. The lowest BCUT2D eigenvalue weighted by atomic mass is 10.1.